The number of rotatable bonds is 5. The Balaban J connectivity index is 1.92. The summed E-state index contributed by atoms with van der Waals surface area (Å²) < 4.78 is 5.01. The molecule has 0 aliphatic carbocycles. The van der Waals surface area contributed by atoms with Crippen LogP contribution in [0.1, 0.15) is 12.5 Å². The van der Waals surface area contributed by atoms with Gasteiger partial charge in [-0.3, -0.25) is 0 Å². The third kappa shape index (κ3) is 2.91. The molecule has 0 unspecified atom stereocenters. The van der Waals surface area contributed by atoms with E-state index in [4.69, 9.17) is 4.98 Å². The molecule has 4 nitrogen and oxygen atoms in total. The summed E-state index contributed by atoms with van der Waals surface area (Å²) in [5.41, 5.74) is 2.22. The van der Waals surface area contributed by atoms with Crippen LogP contribution in [0.4, 0.5) is 5.82 Å². The van der Waals surface area contributed by atoms with Gasteiger partial charge in [-0.1, -0.05) is 30.0 Å². The van der Waals surface area contributed by atoms with Crippen molar-refractivity contribution in [1.82, 2.24) is 14.3 Å². The molecule has 0 bridgehead atoms. The zero-order valence-electron chi connectivity index (χ0n) is 11.0. The van der Waals surface area contributed by atoms with Gasteiger partial charge in [-0.25, -0.2) is 9.97 Å². The van der Waals surface area contributed by atoms with E-state index in [1.165, 1.54) is 22.5 Å². The predicted octanol–water partition coefficient (Wildman–Crippen LogP) is 3.81. The molecular weight excluding hydrogens is 288 g/mol. The van der Waals surface area contributed by atoms with Crippen LogP contribution in [0.15, 0.2) is 41.0 Å². The molecule has 102 valence electrons. The van der Waals surface area contributed by atoms with Crippen LogP contribution in [0.5, 0.6) is 0 Å². The monoisotopic (exact) mass is 302 g/mol. The molecule has 3 rings (SSSR count). The Bertz CT molecular complexity index is 697. The lowest BCUT2D eigenvalue weighted by Gasteiger charge is -2.10. The highest BCUT2D eigenvalue weighted by Gasteiger charge is 2.08. The summed E-state index contributed by atoms with van der Waals surface area (Å²) in [6.07, 6.45) is 1.59. The largest absolute Gasteiger partial charge is 0.370 e. The van der Waals surface area contributed by atoms with E-state index in [9.17, 15) is 0 Å². The lowest BCUT2D eigenvalue weighted by Crippen LogP contribution is -2.03. The molecule has 0 radical (unpaired) electrons. The molecule has 1 N–H and O–H groups in total. The molecular formula is C14H14N4S2. The lowest BCUT2D eigenvalue weighted by atomic mass is 10.1. The quantitative estimate of drug-likeness (QED) is 0.726. The Labute approximate surface area is 125 Å². The number of anilines is 1. The molecule has 3 aromatic rings. The van der Waals surface area contributed by atoms with Crippen molar-refractivity contribution < 1.29 is 0 Å². The van der Waals surface area contributed by atoms with Crippen molar-refractivity contribution >= 4 is 40.0 Å². The van der Waals surface area contributed by atoms with Crippen molar-refractivity contribution in [2.75, 3.05) is 11.9 Å². The average Bonchev–Trinajstić information content (AvgIpc) is 2.98. The van der Waals surface area contributed by atoms with Crippen molar-refractivity contribution in [3.8, 4) is 0 Å². The lowest BCUT2D eigenvalue weighted by molar-refractivity contribution is 1.15. The van der Waals surface area contributed by atoms with Gasteiger partial charge in [0.1, 0.15) is 12.1 Å². The van der Waals surface area contributed by atoms with E-state index in [0.717, 1.165) is 28.0 Å². The van der Waals surface area contributed by atoms with E-state index in [2.05, 4.69) is 33.7 Å². The Hall–Kier alpha value is -1.66. The van der Waals surface area contributed by atoms with Crippen molar-refractivity contribution in [3.05, 3.63) is 42.2 Å². The molecule has 20 heavy (non-hydrogen) atoms. The van der Waals surface area contributed by atoms with E-state index in [-0.39, 0.29) is 0 Å². The predicted molar refractivity (Wildman–Crippen MR) is 85.4 cm³/mol. The van der Waals surface area contributed by atoms with Crippen LogP contribution in [-0.4, -0.2) is 20.9 Å². The van der Waals surface area contributed by atoms with E-state index < -0.39 is 0 Å². The van der Waals surface area contributed by atoms with E-state index in [0.29, 0.717) is 0 Å². The smallest absolute Gasteiger partial charge is 0.170 e. The number of pyridine rings is 1. The zero-order valence-corrected chi connectivity index (χ0v) is 12.7. The molecule has 0 spiro atoms. The first kappa shape index (κ1) is 13.3. The molecule has 2 aromatic heterocycles. The minimum absolute atomic E-state index is 0.843. The average molecular weight is 302 g/mol. The van der Waals surface area contributed by atoms with Crippen LogP contribution >= 0.6 is 23.3 Å². The Morgan fingerprint density at radius 3 is 3.00 bits per heavy atom. The molecule has 0 atom stereocenters. The van der Waals surface area contributed by atoms with Crippen molar-refractivity contribution in [3.63, 3.8) is 0 Å². The molecule has 0 aliphatic rings. The number of aromatic nitrogens is 3. The number of benzene rings is 1. The second kappa shape index (κ2) is 6.19. The fourth-order valence-electron chi connectivity index (χ4n) is 1.96. The summed E-state index contributed by atoms with van der Waals surface area (Å²) in [7, 11) is 0. The van der Waals surface area contributed by atoms with E-state index in [1.54, 1.807) is 18.1 Å². The minimum Gasteiger partial charge on any atom is -0.370 e. The Kier molecular flexibility index (Phi) is 4.13. The molecule has 6 heteroatoms. The van der Waals surface area contributed by atoms with Crippen LogP contribution in [0.2, 0.25) is 0 Å². The van der Waals surface area contributed by atoms with Gasteiger partial charge in [-0.2, -0.15) is 4.37 Å². The van der Waals surface area contributed by atoms with E-state index in [1.807, 2.05) is 18.2 Å². The minimum atomic E-state index is 0.843. The van der Waals surface area contributed by atoms with Crippen molar-refractivity contribution in [1.29, 1.82) is 0 Å². The maximum Gasteiger partial charge on any atom is 0.170 e. The van der Waals surface area contributed by atoms with Gasteiger partial charge in [0, 0.05) is 23.2 Å². The first-order valence-electron chi connectivity index (χ1n) is 6.39. The van der Waals surface area contributed by atoms with Crippen molar-refractivity contribution in [2.24, 2.45) is 0 Å². The fourth-order valence-corrected chi connectivity index (χ4v) is 3.37. The number of fused-ring (bicyclic) bond motifs is 1. The van der Waals surface area contributed by atoms with Crippen LogP contribution in [0, 0.1) is 0 Å². The first-order chi connectivity index (χ1) is 9.86. The summed E-state index contributed by atoms with van der Waals surface area (Å²) in [4.78, 5) is 8.91. The van der Waals surface area contributed by atoms with Gasteiger partial charge in [-0.15, -0.1) is 0 Å². The number of hydrogen-bond acceptors (Lipinski definition) is 6. The molecule has 1 aromatic carbocycles. The second-order valence-corrected chi connectivity index (χ2v) is 6.22. The molecule has 0 fully saturated rings. The standard InChI is InChI=1S/C14H14N4S2/c1-2-15-13-11(8-19-14-16-9-17-20-14)7-10-5-3-4-6-12(10)18-13/h3-7,9H,2,8H2,1H3,(H,15,18). The molecule has 0 amide bonds. The summed E-state index contributed by atoms with van der Waals surface area (Å²) in [5.74, 6) is 1.80. The van der Waals surface area contributed by atoms with Gasteiger partial charge in [0.05, 0.1) is 5.52 Å². The summed E-state index contributed by atoms with van der Waals surface area (Å²) in [6.45, 7) is 2.94. The third-order valence-corrected chi connectivity index (χ3v) is 4.69. The first-order valence-corrected chi connectivity index (χ1v) is 8.14. The maximum absolute atomic E-state index is 4.71. The summed E-state index contributed by atoms with van der Waals surface area (Å²) >= 11 is 3.12. The second-order valence-electron chi connectivity index (χ2n) is 4.21. The highest BCUT2D eigenvalue weighted by molar-refractivity contribution is 8.00. The Morgan fingerprint density at radius 2 is 2.20 bits per heavy atom. The topological polar surface area (TPSA) is 50.7 Å². The highest BCUT2D eigenvalue weighted by Crippen LogP contribution is 2.28. The van der Waals surface area contributed by atoms with Crippen molar-refractivity contribution in [2.45, 2.75) is 17.0 Å². The number of nitrogens with one attached hydrogen (secondary N) is 1. The van der Waals surface area contributed by atoms with Crippen LogP contribution in [0.3, 0.4) is 0 Å². The van der Waals surface area contributed by atoms with Gasteiger partial charge < -0.3 is 5.32 Å². The fraction of sp³-hybridized carbons (Fsp3) is 0.214. The third-order valence-electron chi connectivity index (χ3n) is 2.84. The normalized spacial score (nSPS) is 10.8. The molecule has 0 aliphatic heterocycles. The summed E-state index contributed by atoms with van der Waals surface area (Å²) in [6, 6.07) is 10.4. The van der Waals surface area contributed by atoms with Gasteiger partial charge in [0.2, 0.25) is 0 Å². The summed E-state index contributed by atoms with van der Waals surface area (Å²) in [5, 5.41) is 4.51. The number of para-hydroxylation sites is 1. The van der Waals surface area contributed by atoms with Crippen LogP contribution < -0.4 is 5.32 Å². The molecule has 0 saturated carbocycles. The molecule has 2 heterocycles. The number of thioether (sulfide) groups is 1. The number of hydrogen-bond donors (Lipinski definition) is 1. The van der Waals surface area contributed by atoms with Crippen LogP contribution in [0.25, 0.3) is 10.9 Å². The highest BCUT2D eigenvalue weighted by atomic mass is 32.2. The van der Waals surface area contributed by atoms with Gasteiger partial charge in [0.15, 0.2) is 4.34 Å². The maximum atomic E-state index is 4.71. The molecule has 0 saturated heterocycles. The van der Waals surface area contributed by atoms with Crippen LogP contribution in [-0.2, 0) is 5.75 Å². The van der Waals surface area contributed by atoms with Gasteiger partial charge >= 0.3 is 0 Å². The SMILES string of the molecule is CCNc1nc2ccccc2cc1CSc1ncns1. The number of nitrogens with zero attached hydrogens (tertiary/aromatic N) is 3. The van der Waals surface area contributed by atoms with Gasteiger partial charge in [-0.05, 0) is 30.6 Å². The Morgan fingerprint density at radius 1 is 1.30 bits per heavy atom. The zero-order chi connectivity index (χ0) is 13.8. The van der Waals surface area contributed by atoms with E-state index >= 15 is 0 Å². The van der Waals surface area contributed by atoms with Gasteiger partial charge in [0.25, 0.3) is 0 Å².